The van der Waals surface area contributed by atoms with Gasteiger partial charge in [0.05, 0.1) is 71.5 Å². The van der Waals surface area contributed by atoms with Gasteiger partial charge in [0.2, 0.25) is 35.3 Å². The number of aromatic nitrogens is 5. The van der Waals surface area contributed by atoms with E-state index >= 15 is 0 Å². The molecule has 0 saturated heterocycles. The summed E-state index contributed by atoms with van der Waals surface area (Å²) in [5.41, 5.74) is 3.18. The number of imidazole rings is 1. The number of sulfone groups is 3. The number of hydrogen-bond donors (Lipinski definition) is 4. The van der Waals surface area contributed by atoms with Gasteiger partial charge in [-0.3, -0.25) is 28.8 Å². The fourth-order valence-electron chi connectivity index (χ4n) is 8.99. The molecule has 12 rings (SSSR count). The van der Waals surface area contributed by atoms with Gasteiger partial charge in [-0.05, 0) is 131 Å². The molecule has 21 nitrogen and oxygen atoms in total. The fourth-order valence-corrected chi connectivity index (χ4v) is 14.0. The summed E-state index contributed by atoms with van der Waals surface area (Å²) in [6.45, 7) is 0.115. The number of amides is 3. The summed E-state index contributed by atoms with van der Waals surface area (Å²) in [5, 5.41) is 19.4. The highest BCUT2D eigenvalue weighted by Crippen LogP contribution is 2.30. The third-order valence-corrected chi connectivity index (χ3v) is 20.4. The molecule has 4 N–H and O–H groups in total. The van der Waals surface area contributed by atoms with Crippen molar-refractivity contribution in [3.8, 4) is 11.5 Å². The quantitative estimate of drug-likeness (QED) is 0.0581. The standard InChI is InChI=1S/C22H17FN2O5S.C22H17FN2O4S2.C21H18N4O4S/c23-17-4-3-16(13-26)21(10-17)31(28,29)18-5-1-14(2-6-18)11-25-22(27)19-9-15-7-8-24-12-20(15)30-19;1-29-19-11-17(6-7-18(19)23)31(27,28)16-4-2-14(3-5-16)12-25-22(26)20-10-15-8-9-24-13-21(15)30-20;1-29-17-3-2-4-19(11-17)30(27,28)18-7-5-15(6-8-18)12-23-20(26)16-13-24-21-22-9-10-25(21)14-16/h1-10,12,26H,11,13H2,(H,25,27);2-11,13H,12H2,1H3,(H,25,26);2-11,13-14H,12H2,1H3,(H,23,26). The van der Waals surface area contributed by atoms with Crippen LogP contribution >= 0.6 is 11.3 Å². The molecule has 0 aliphatic carbocycles. The molecule has 92 heavy (non-hydrogen) atoms. The zero-order chi connectivity index (χ0) is 65.2. The van der Waals surface area contributed by atoms with Crippen molar-refractivity contribution in [2.45, 2.75) is 55.6 Å². The average Bonchev–Trinajstić information content (AvgIpc) is 1.41. The summed E-state index contributed by atoms with van der Waals surface area (Å²) in [4.78, 5) is 53.8. The highest BCUT2D eigenvalue weighted by molar-refractivity contribution is 7.92. The van der Waals surface area contributed by atoms with E-state index in [0.717, 1.165) is 50.9 Å². The number of halogens is 2. The third kappa shape index (κ3) is 14.8. The SMILES string of the molecule is COc1cc(S(=O)(=O)c2ccc(CNC(=O)c3cc4ccncc4s3)cc2)ccc1F.COc1cccc(S(=O)(=O)c2ccc(CNC(=O)c3cnc4nccn4c3)cc2)c1.O=C(NCc1ccc(S(=O)(=O)c2cc(F)ccc2CO)cc1)c1cc2ccncc2o1. The van der Waals surface area contributed by atoms with Crippen molar-refractivity contribution in [2.75, 3.05) is 14.2 Å². The van der Waals surface area contributed by atoms with E-state index < -0.39 is 53.7 Å². The van der Waals surface area contributed by atoms with Crippen LogP contribution in [0.1, 0.15) is 52.8 Å². The number of carbonyl (C=O) groups excluding carboxylic acids is 3. The molecule has 6 heterocycles. The van der Waals surface area contributed by atoms with Crippen molar-refractivity contribution in [1.82, 2.24) is 40.3 Å². The number of thiophene rings is 1. The lowest BCUT2D eigenvalue weighted by Gasteiger charge is -2.10. The van der Waals surface area contributed by atoms with E-state index in [1.54, 1.807) is 102 Å². The van der Waals surface area contributed by atoms with Gasteiger partial charge >= 0.3 is 0 Å². The zero-order valence-corrected chi connectivity index (χ0v) is 51.7. The molecule has 0 radical (unpaired) electrons. The highest BCUT2D eigenvalue weighted by Gasteiger charge is 2.24. The number of pyridine rings is 2. The van der Waals surface area contributed by atoms with Crippen LogP contribution in [0.3, 0.4) is 0 Å². The maximum absolute atomic E-state index is 13.6. The topological polar surface area (TPSA) is 298 Å². The van der Waals surface area contributed by atoms with E-state index in [4.69, 9.17) is 13.9 Å². The van der Waals surface area contributed by atoms with Crippen LogP contribution in [0.5, 0.6) is 11.5 Å². The van der Waals surface area contributed by atoms with E-state index in [-0.39, 0.29) is 77.9 Å². The first-order chi connectivity index (χ1) is 44.2. The number of aliphatic hydroxyl groups is 1. The molecule has 0 fully saturated rings. The molecule has 6 aromatic carbocycles. The second kappa shape index (κ2) is 28.1. The van der Waals surface area contributed by atoms with Gasteiger partial charge in [0, 0.05) is 74.5 Å². The number of benzene rings is 6. The second-order valence-corrected chi connectivity index (χ2v) is 26.8. The Labute approximate surface area is 528 Å². The molecule has 0 saturated carbocycles. The second-order valence-electron chi connectivity index (χ2n) is 19.9. The van der Waals surface area contributed by atoms with Crippen LogP contribution in [0.4, 0.5) is 8.78 Å². The molecular weight excluding hydrogens is 1270 g/mol. The van der Waals surface area contributed by atoms with E-state index in [0.29, 0.717) is 33.1 Å². The van der Waals surface area contributed by atoms with Crippen molar-refractivity contribution in [3.63, 3.8) is 0 Å². The van der Waals surface area contributed by atoms with Crippen molar-refractivity contribution in [2.24, 2.45) is 0 Å². The Morgan fingerprint density at radius 2 is 1.16 bits per heavy atom. The number of ether oxygens (including phenoxy) is 2. The van der Waals surface area contributed by atoms with Crippen molar-refractivity contribution >= 4 is 85.4 Å². The Balaban J connectivity index is 0.000000151. The Kier molecular flexibility index (Phi) is 19.7. The molecule has 6 aromatic heterocycles. The Bertz CT molecular complexity index is 4980. The molecule has 27 heteroatoms. The predicted molar refractivity (Wildman–Crippen MR) is 334 cm³/mol. The first-order valence-corrected chi connectivity index (χ1v) is 32.7. The van der Waals surface area contributed by atoms with Crippen LogP contribution in [0, 0.1) is 11.6 Å². The molecule has 0 aliphatic rings. The zero-order valence-electron chi connectivity index (χ0n) is 48.4. The van der Waals surface area contributed by atoms with Crippen molar-refractivity contribution in [1.29, 1.82) is 0 Å². The largest absolute Gasteiger partial charge is 0.497 e. The number of rotatable bonds is 18. The monoisotopic (exact) mass is 1320 g/mol. The fraction of sp³-hybridized carbons (Fsp3) is 0.0923. The van der Waals surface area contributed by atoms with Crippen molar-refractivity contribution < 1.29 is 67.4 Å². The predicted octanol–water partition coefficient (Wildman–Crippen LogP) is 9.93. The van der Waals surface area contributed by atoms with Gasteiger partial charge in [-0.1, -0.05) is 48.5 Å². The molecule has 468 valence electrons. The smallest absolute Gasteiger partial charge is 0.287 e. The number of methoxy groups -OCH3 is 2. The van der Waals surface area contributed by atoms with Crippen LogP contribution in [0.15, 0.2) is 241 Å². The van der Waals surface area contributed by atoms with Crippen LogP contribution < -0.4 is 25.4 Å². The highest BCUT2D eigenvalue weighted by atomic mass is 32.2. The normalized spacial score (nSPS) is 11.4. The van der Waals surface area contributed by atoms with Gasteiger partial charge in [0.15, 0.2) is 22.9 Å². The van der Waals surface area contributed by atoms with Crippen molar-refractivity contribution in [3.05, 3.63) is 257 Å². The molecule has 3 amide bonds. The minimum atomic E-state index is -4.02. The number of fused-ring (bicyclic) bond motifs is 3. The molecule has 12 aromatic rings. The van der Waals surface area contributed by atoms with E-state index in [2.05, 4.69) is 35.9 Å². The first kappa shape index (κ1) is 64.4. The number of nitrogens with one attached hydrogen (secondary N) is 3. The number of hydrogen-bond acceptors (Lipinski definition) is 18. The Morgan fingerprint density at radius 3 is 1.77 bits per heavy atom. The van der Waals surface area contributed by atoms with E-state index in [1.807, 2.05) is 12.1 Å². The lowest BCUT2D eigenvalue weighted by molar-refractivity contribution is 0.0922. The minimum absolute atomic E-state index is 0.0485. The van der Waals surface area contributed by atoms with E-state index in [9.17, 15) is 53.5 Å². The van der Waals surface area contributed by atoms with Crippen LogP contribution in [0.25, 0.3) is 26.8 Å². The van der Waals surface area contributed by atoms with Gasteiger partial charge in [-0.15, -0.1) is 11.3 Å². The summed E-state index contributed by atoms with van der Waals surface area (Å²) in [6, 6.07) is 38.3. The number of aliphatic hydroxyl groups excluding tert-OH is 1. The summed E-state index contributed by atoms with van der Waals surface area (Å²) >= 11 is 1.36. The summed E-state index contributed by atoms with van der Waals surface area (Å²) in [6.07, 6.45) is 12.9. The number of nitrogens with zero attached hydrogens (tertiary/aromatic N) is 5. The maximum atomic E-state index is 13.6. The molecule has 0 aliphatic heterocycles. The maximum Gasteiger partial charge on any atom is 0.287 e. The molecule has 0 atom stereocenters. The summed E-state index contributed by atoms with van der Waals surface area (Å²) < 4.78 is 122. The number of furan rings is 1. The van der Waals surface area contributed by atoms with Gasteiger partial charge in [0.25, 0.3) is 17.7 Å². The van der Waals surface area contributed by atoms with Gasteiger partial charge in [-0.25, -0.2) is 44.0 Å². The molecular formula is C65H52F2N8O13S4. The van der Waals surface area contributed by atoms with Gasteiger partial charge in [0.1, 0.15) is 11.6 Å². The van der Waals surface area contributed by atoms with E-state index in [1.165, 1.54) is 98.6 Å². The molecule has 0 spiro atoms. The number of carbonyl (C=O) groups is 3. The minimum Gasteiger partial charge on any atom is -0.497 e. The lowest BCUT2D eigenvalue weighted by Crippen LogP contribution is -2.23. The average molecular weight is 1320 g/mol. The Morgan fingerprint density at radius 1 is 0.576 bits per heavy atom. The van der Waals surface area contributed by atoms with Crippen LogP contribution in [-0.4, -0.2) is 86.6 Å². The van der Waals surface area contributed by atoms with Crippen LogP contribution in [-0.2, 0) is 55.8 Å². The van der Waals surface area contributed by atoms with Gasteiger partial charge in [-0.2, -0.15) is 0 Å². The molecule has 0 unspecified atom stereocenters. The lowest BCUT2D eigenvalue weighted by atomic mass is 10.2. The first-order valence-electron chi connectivity index (χ1n) is 27.4. The Hall–Kier alpha value is -10.6. The summed E-state index contributed by atoms with van der Waals surface area (Å²) in [5.74, 6) is -1.28. The third-order valence-electron chi connectivity index (χ3n) is 13.9. The summed E-state index contributed by atoms with van der Waals surface area (Å²) in [7, 11) is -8.76. The van der Waals surface area contributed by atoms with Crippen LogP contribution in [0.2, 0.25) is 0 Å². The molecule has 0 bridgehead atoms. The van der Waals surface area contributed by atoms with Gasteiger partial charge < -0.3 is 34.9 Å².